The topological polar surface area (TPSA) is 51.8 Å². The van der Waals surface area contributed by atoms with Gasteiger partial charge in [-0.2, -0.15) is 0 Å². The molecule has 1 atom stereocenters. The molecule has 7 aromatic carbocycles. The van der Waals surface area contributed by atoms with E-state index in [1.54, 1.807) is 0 Å². The van der Waals surface area contributed by atoms with Crippen LogP contribution in [-0.4, -0.2) is 15.0 Å². The molecule has 2 aliphatic carbocycles. The van der Waals surface area contributed by atoms with Crippen molar-refractivity contribution >= 4 is 76.9 Å². The van der Waals surface area contributed by atoms with Gasteiger partial charge in [0.1, 0.15) is 17.2 Å². The number of hydrogen-bond acceptors (Lipinski definition) is 5. The molecule has 0 fully saturated rings. The molecular formula is C51H33N3OS. The summed E-state index contributed by atoms with van der Waals surface area (Å²) in [7, 11) is 0. The average Bonchev–Trinajstić information content (AvgIpc) is 3.83. The first-order valence-electron chi connectivity index (χ1n) is 19.3. The Labute approximate surface area is 327 Å². The molecule has 5 heteroatoms. The molecule has 1 unspecified atom stereocenters. The van der Waals surface area contributed by atoms with Gasteiger partial charge in [0.2, 0.25) is 0 Å². The summed E-state index contributed by atoms with van der Waals surface area (Å²) in [5, 5.41) is 9.38. The van der Waals surface area contributed by atoms with Crippen LogP contribution in [0.15, 0.2) is 150 Å². The van der Waals surface area contributed by atoms with Crippen molar-refractivity contribution in [1.82, 2.24) is 15.0 Å². The Kier molecular flexibility index (Phi) is 7.02. The molecular weight excluding hydrogens is 703 g/mol. The van der Waals surface area contributed by atoms with E-state index in [4.69, 9.17) is 19.4 Å². The third-order valence-electron chi connectivity index (χ3n) is 11.7. The van der Waals surface area contributed by atoms with E-state index in [-0.39, 0.29) is 5.92 Å². The fourth-order valence-electron chi connectivity index (χ4n) is 9.22. The molecule has 2 aliphatic rings. The van der Waals surface area contributed by atoms with E-state index in [0.29, 0.717) is 11.6 Å². The molecule has 12 rings (SSSR count). The highest BCUT2D eigenvalue weighted by atomic mass is 32.1. The quantitative estimate of drug-likeness (QED) is 0.181. The van der Waals surface area contributed by atoms with E-state index in [1.807, 2.05) is 11.3 Å². The number of hydrogen-bond donors (Lipinski definition) is 0. The van der Waals surface area contributed by atoms with E-state index in [9.17, 15) is 0 Å². The fourth-order valence-corrected chi connectivity index (χ4v) is 10.4. The maximum atomic E-state index is 6.59. The Bertz CT molecular complexity index is 3310. The zero-order valence-corrected chi connectivity index (χ0v) is 31.2. The van der Waals surface area contributed by atoms with Gasteiger partial charge in [-0.15, -0.1) is 11.3 Å². The third-order valence-corrected chi connectivity index (χ3v) is 12.9. The normalized spacial score (nSPS) is 15.0. The van der Waals surface area contributed by atoms with Gasteiger partial charge in [-0.05, 0) is 79.9 Å². The van der Waals surface area contributed by atoms with E-state index < -0.39 is 0 Å². The standard InChI is InChI=1S/C51H33N3OS/c1-3-16-32-30(13-1)15-9-23-37(32)49-52-50(54-51(53-49)41-25-12-28-45-46(41)40-19-6-8-27-44(40)56-45)38-24-11-20-34-35(38)21-10-22-36(34)47-33-17-4-2-14-31(33)29-43-48(47)39-18-5-7-26-42(39)55-43/h1-6,8-24,27-29,41H,7,25-26H2. The summed E-state index contributed by atoms with van der Waals surface area (Å²) in [6.45, 7) is 0. The molecule has 10 aromatic rings. The number of thiophene rings is 1. The van der Waals surface area contributed by atoms with Crippen molar-refractivity contribution in [1.29, 1.82) is 0 Å². The van der Waals surface area contributed by atoms with Crippen LogP contribution in [0, 0.1) is 0 Å². The Balaban J connectivity index is 1.12. The van der Waals surface area contributed by atoms with Crippen LogP contribution in [0.1, 0.15) is 46.3 Å². The molecule has 0 saturated heterocycles. The number of rotatable bonds is 4. The SMILES string of the molecule is C1=Cc2c(oc3cc4ccccc4c(-c4cccc5c(-c6nc(-c7cccc8ccccc78)nc(C7CC=Cc8sc9ccccc9c87)n6)cccc45)c23)CC1. The van der Waals surface area contributed by atoms with Crippen LogP contribution in [0.2, 0.25) is 0 Å². The zero-order chi connectivity index (χ0) is 36.7. The first kappa shape index (κ1) is 31.6. The first-order valence-corrected chi connectivity index (χ1v) is 20.2. The zero-order valence-electron chi connectivity index (χ0n) is 30.4. The predicted octanol–water partition coefficient (Wildman–Crippen LogP) is 13.8. The molecule has 3 aromatic heterocycles. The number of nitrogens with zero attached hydrogens (tertiary/aromatic N) is 3. The molecule has 0 spiro atoms. The average molecular weight is 736 g/mol. The van der Waals surface area contributed by atoms with E-state index in [1.165, 1.54) is 53.4 Å². The van der Waals surface area contributed by atoms with Gasteiger partial charge in [0, 0.05) is 49.6 Å². The largest absolute Gasteiger partial charge is 0.460 e. The lowest BCUT2D eigenvalue weighted by Gasteiger charge is -2.20. The summed E-state index contributed by atoms with van der Waals surface area (Å²) in [4.78, 5) is 17.5. The number of fused-ring (bicyclic) bond motifs is 9. The van der Waals surface area contributed by atoms with Crippen molar-refractivity contribution < 1.29 is 4.42 Å². The first-order chi connectivity index (χ1) is 27.8. The molecule has 0 saturated carbocycles. The van der Waals surface area contributed by atoms with Gasteiger partial charge >= 0.3 is 0 Å². The minimum Gasteiger partial charge on any atom is -0.460 e. The van der Waals surface area contributed by atoms with E-state index in [2.05, 4.69) is 158 Å². The summed E-state index contributed by atoms with van der Waals surface area (Å²) in [6.07, 6.45) is 11.8. The molecule has 3 heterocycles. The Morgan fingerprint density at radius 1 is 0.571 bits per heavy atom. The molecule has 0 aliphatic heterocycles. The van der Waals surface area contributed by atoms with Gasteiger partial charge in [0.05, 0.1) is 0 Å². The van der Waals surface area contributed by atoms with Crippen molar-refractivity contribution in [2.45, 2.75) is 25.2 Å². The third kappa shape index (κ3) is 4.81. The Morgan fingerprint density at radius 3 is 2.09 bits per heavy atom. The Hall–Kier alpha value is -6.69. The Morgan fingerprint density at radius 2 is 1.23 bits per heavy atom. The van der Waals surface area contributed by atoms with Gasteiger partial charge in [-0.25, -0.2) is 15.0 Å². The smallest absolute Gasteiger partial charge is 0.164 e. The summed E-state index contributed by atoms with van der Waals surface area (Å²) in [5.74, 6) is 3.24. The predicted molar refractivity (Wildman–Crippen MR) is 233 cm³/mol. The highest BCUT2D eigenvalue weighted by Gasteiger charge is 2.28. The van der Waals surface area contributed by atoms with Gasteiger partial charge in [0.15, 0.2) is 11.6 Å². The van der Waals surface area contributed by atoms with Crippen molar-refractivity contribution in [2.75, 3.05) is 0 Å². The molecule has 264 valence electrons. The minimum atomic E-state index is -0.00328. The maximum Gasteiger partial charge on any atom is 0.164 e. The second kappa shape index (κ2) is 12.4. The molecule has 0 bridgehead atoms. The fraction of sp³-hybridized carbons (Fsp3) is 0.0784. The van der Waals surface area contributed by atoms with Gasteiger partial charge in [-0.3, -0.25) is 0 Å². The number of aryl methyl sites for hydroxylation is 1. The van der Waals surface area contributed by atoms with E-state index in [0.717, 1.165) is 69.1 Å². The second-order valence-electron chi connectivity index (χ2n) is 14.9. The van der Waals surface area contributed by atoms with Crippen LogP contribution in [0.3, 0.4) is 0 Å². The summed E-state index contributed by atoms with van der Waals surface area (Å²) >= 11 is 1.84. The molecule has 0 amide bonds. The molecule has 4 nitrogen and oxygen atoms in total. The van der Waals surface area contributed by atoms with Crippen molar-refractivity contribution in [3.05, 3.63) is 173 Å². The minimum absolute atomic E-state index is 0.00328. The van der Waals surface area contributed by atoms with Crippen molar-refractivity contribution in [2.24, 2.45) is 0 Å². The van der Waals surface area contributed by atoms with Crippen LogP contribution in [0.4, 0.5) is 0 Å². The number of aromatic nitrogens is 3. The monoisotopic (exact) mass is 735 g/mol. The molecule has 0 radical (unpaired) electrons. The lowest BCUT2D eigenvalue weighted by atomic mass is 9.87. The highest BCUT2D eigenvalue weighted by molar-refractivity contribution is 7.20. The van der Waals surface area contributed by atoms with Crippen LogP contribution < -0.4 is 0 Å². The van der Waals surface area contributed by atoms with Crippen LogP contribution in [0.25, 0.3) is 99.4 Å². The highest BCUT2D eigenvalue weighted by Crippen LogP contribution is 2.47. The maximum absolute atomic E-state index is 6.59. The summed E-state index contributed by atoms with van der Waals surface area (Å²) < 4.78 is 7.87. The molecule has 56 heavy (non-hydrogen) atoms. The second-order valence-corrected chi connectivity index (χ2v) is 16.0. The van der Waals surface area contributed by atoms with Crippen molar-refractivity contribution in [3.63, 3.8) is 0 Å². The van der Waals surface area contributed by atoms with Crippen LogP contribution in [0.5, 0.6) is 0 Å². The van der Waals surface area contributed by atoms with Crippen LogP contribution in [-0.2, 0) is 6.42 Å². The van der Waals surface area contributed by atoms with E-state index >= 15 is 0 Å². The van der Waals surface area contributed by atoms with Crippen LogP contribution >= 0.6 is 11.3 Å². The lowest BCUT2D eigenvalue weighted by Crippen LogP contribution is -2.11. The van der Waals surface area contributed by atoms with Gasteiger partial charge < -0.3 is 4.42 Å². The van der Waals surface area contributed by atoms with Gasteiger partial charge in [-0.1, -0.05) is 140 Å². The number of furan rings is 1. The summed E-state index contributed by atoms with van der Waals surface area (Å²) in [6, 6.07) is 47.7. The van der Waals surface area contributed by atoms with Gasteiger partial charge in [0.25, 0.3) is 0 Å². The number of allylic oxidation sites excluding steroid dienone is 2. The molecule has 0 N–H and O–H groups in total. The van der Waals surface area contributed by atoms with Crippen molar-refractivity contribution in [3.8, 4) is 33.9 Å². The number of benzene rings is 7. The summed E-state index contributed by atoms with van der Waals surface area (Å²) in [5.41, 5.74) is 7.82. The lowest BCUT2D eigenvalue weighted by molar-refractivity contribution is 0.546.